The second-order valence-corrected chi connectivity index (χ2v) is 5.34. The molecule has 0 bridgehead atoms. The van der Waals surface area contributed by atoms with Gasteiger partial charge < -0.3 is 0 Å². The minimum atomic E-state index is 0.752. The number of thiophene rings is 1. The van der Waals surface area contributed by atoms with Crippen molar-refractivity contribution in [3.8, 4) is 0 Å². The van der Waals surface area contributed by atoms with Gasteiger partial charge in [0.1, 0.15) is 0 Å². The Labute approximate surface area is 103 Å². The average Bonchev–Trinajstić information content (AvgIpc) is 2.59. The van der Waals surface area contributed by atoms with Crippen LogP contribution in [0.1, 0.15) is 18.2 Å². The van der Waals surface area contributed by atoms with Crippen LogP contribution in [0, 0.1) is 0 Å². The van der Waals surface area contributed by atoms with Crippen molar-refractivity contribution in [3.05, 3.63) is 20.8 Å². The Kier molecular flexibility index (Phi) is 6.10. The normalized spacial score (nSPS) is 11.1. The lowest BCUT2D eigenvalue weighted by molar-refractivity contribution is 0.283. The average molecular weight is 297 g/mol. The molecular weight excluding hydrogens is 282 g/mol. The van der Waals surface area contributed by atoms with Crippen molar-refractivity contribution >= 4 is 38.9 Å². The number of rotatable bonds is 6. The third kappa shape index (κ3) is 3.89. The van der Waals surface area contributed by atoms with E-state index in [0.29, 0.717) is 0 Å². The molecule has 0 fully saturated rings. The number of hydrogen-bond donors (Lipinski definition) is 0. The zero-order valence-corrected chi connectivity index (χ0v) is 11.5. The van der Waals surface area contributed by atoms with E-state index in [0.717, 1.165) is 31.9 Å². The first kappa shape index (κ1) is 12.5. The summed E-state index contributed by atoms with van der Waals surface area (Å²) in [5.74, 6) is 0.752. The predicted molar refractivity (Wildman–Crippen MR) is 68.3 cm³/mol. The van der Waals surface area contributed by atoms with Gasteiger partial charge >= 0.3 is 0 Å². The number of hydrogen-bond acceptors (Lipinski definition) is 2. The molecule has 0 aliphatic carbocycles. The van der Waals surface area contributed by atoms with Gasteiger partial charge in [0.05, 0.1) is 0 Å². The van der Waals surface area contributed by atoms with Crippen LogP contribution in [0.25, 0.3) is 0 Å². The van der Waals surface area contributed by atoms with Crippen molar-refractivity contribution in [2.24, 2.45) is 0 Å². The highest BCUT2D eigenvalue weighted by molar-refractivity contribution is 9.10. The zero-order valence-electron chi connectivity index (χ0n) is 8.30. The van der Waals surface area contributed by atoms with Crippen molar-refractivity contribution in [2.45, 2.75) is 19.9 Å². The highest BCUT2D eigenvalue weighted by atomic mass is 79.9. The van der Waals surface area contributed by atoms with E-state index in [-0.39, 0.29) is 0 Å². The fourth-order valence-corrected chi connectivity index (χ4v) is 2.91. The molecule has 1 aromatic heterocycles. The monoisotopic (exact) mass is 295 g/mol. The largest absolute Gasteiger partial charge is 0.298 e. The molecular formula is C10H15BrClNS. The van der Waals surface area contributed by atoms with Crippen LogP contribution in [0.4, 0.5) is 0 Å². The molecule has 0 aliphatic heterocycles. The standard InChI is InChI=1S/C10H15BrClNS/c1-2-13(6-3-5-12)8-10-9(11)4-7-14-10/h4,7H,2-3,5-6,8H2,1H3. The highest BCUT2D eigenvalue weighted by Crippen LogP contribution is 2.24. The summed E-state index contributed by atoms with van der Waals surface area (Å²) in [4.78, 5) is 3.82. The summed E-state index contributed by atoms with van der Waals surface area (Å²) in [6.45, 7) is 5.40. The third-order valence-corrected chi connectivity index (χ3v) is 4.29. The molecule has 0 N–H and O–H groups in total. The van der Waals surface area contributed by atoms with E-state index in [2.05, 4.69) is 39.2 Å². The Bertz CT molecular complexity index is 264. The smallest absolute Gasteiger partial charge is 0.0339 e. The Morgan fingerprint density at radius 2 is 2.36 bits per heavy atom. The maximum Gasteiger partial charge on any atom is 0.0339 e. The lowest BCUT2D eigenvalue weighted by atomic mass is 10.3. The van der Waals surface area contributed by atoms with E-state index >= 15 is 0 Å². The van der Waals surface area contributed by atoms with Crippen LogP contribution in [0.5, 0.6) is 0 Å². The summed E-state index contributed by atoms with van der Waals surface area (Å²) in [5, 5.41) is 2.12. The molecule has 0 saturated carbocycles. The molecule has 0 saturated heterocycles. The van der Waals surface area contributed by atoms with Crippen LogP contribution in [0.15, 0.2) is 15.9 Å². The van der Waals surface area contributed by atoms with Gasteiger partial charge in [0, 0.05) is 21.8 Å². The van der Waals surface area contributed by atoms with Gasteiger partial charge in [0.15, 0.2) is 0 Å². The van der Waals surface area contributed by atoms with E-state index in [1.165, 1.54) is 9.35 Å². The zero-order chi connectivity index (χ0) is 10.4. The van der Waals surface area contributed by atoms with Crippen molar-refractivity contribution < 1.29 is 0 Å². The Morgan fingerprint density at radius 1 is 1.57 bits per heavy atom. The molecule has 0 radical (unpaired) electrons. The topological polar surface area (TPSA) is 3.24 Å². The first-order chi connectivity index (χ1) is 6.77. The fraction of sp³-hybridized carbons (Fsp3) is 0.600. The summed E-state index contributed by atoms with van der Waals surface area (Å²) in [6.07, 6.45) is 1.07. The van der Waals surface area contributed by atoms with Crippen molar-refractivity contribution in [2.75, 3.05) is 19.0 Å². The molecule has 0 aliphatic rings. The Balaban J connectivity index is 2.44. The van der Waals surface area contributed by atoms with Crippen molar-refractivity contribution in [3.63, 3.8) is 0 Å². The van der Waals surface area contributed by atoms with Gasteiger partial charge in [-0.15, -0.1) is 22.9 Å². The lowest BCUT2D eigenvalue weighted by Crippen LogP contribution is -2.23. The summed E-state index contributed by atoms with van der Waals surface area (Å²) in [6, 6.07) is 2.11. The highest BCUT2D eigenvalue weighted by Gasteiger charge is 2.06. The first-order valence-electron chi connectivity index (χ1n) is 4.78. The van der Waals surface area contributed by atoms with Gasteiger partial charge in [-0.05, 0) is 46.9 Å². The minimum Gasteiger partial charge on any atom is -0.298 e. The van der Waals surface area contributed by atoms with Gasteiger partial charge in [0.25, 0.3) is 0 Å². The molecule has 14 heavy (non-hydrogen) atoms. The van der Waals surface area contributed by atoms with Crippen molar-refractivity contribution in [1.82, 2.24) is 4.90 Å². The van der Waals surface area contributed by atoms with Gasteiger partial charge in [-0.3, -0.25) is 4.90 Å². The molecule has 1 rings (SSSR count). The number of alkyl halides is 1. The van der Waals surface area contributed by atoms with E-state index in [9.17, 15) is 0 Å². The summed E-state index contributed by atoms with van der Waals surface area (Å²) >= 11 is 11.0. The molecule has 0 amide bonds. The van der Waals surface area contributed by atoms with E-state index in [1.54, 1.807) is 11.3 Å². The Morgan fingerprint density at radius 3 is 2.86 bits per heavy atom. The van der Waals surface area contributed by atoms with Gasteiger partial charge in [-0.25, -0.2) is 0 Å². The van der Waals surface area contributed by atoms with E-state index in [4.69, 9.17) is 11.6 Å². The Hall–Kier alpha value is 0.430. The summed E-state index contributed by atoms with van der Waals surface area (Å²) in [7, 11) is 0. The van der Waals surface area contributed by atoms with Crippen LogP contribution >= 0.6 is 38.9 Å². The number of nitrogens with zero attached hydrogens (tertiary/aromatic N) is 1. The van der Waals surface area contributed by atoms with Crippen LogP contribution in [0.2, 0.25) is 0 Å². The molecule has 1 aromatic rings. The maximum atomic E-state index is 5.68. The lowest BCUT2D eigenvalue weighted by Gasteiger charge is -2.19. The van der Waals surface area contributed by atoms with Crippen LogP contribution in [0.3, 0.4) is 0 Å². The quantitative estimate of drug-likeness (QED) is 0.718. The van der Waals surface area contributed by atoms with Crippen molar-refractivity contribution in [1.29, 1.82) is 0 Å². The SMILES string of the molecule is CCN(CCCCl)Cc1sccc1Br. The minimum absolute atomic E-state index is 0.752. The molecule has 80 valence electrons. The van der Waals surface area contributed by atoms with Crippen LogP contribution < -0.4 is 0 Å². The van der Waals surface area contributed by atoms with Crippen LogP contribution in [-0.4, -0.2) is 23.9 Å². The summed E-state index contributed by atoms with van der Waals surface area (Å²) < 4.78 is 1.23. The van der Waals surface area contributed by atoms with Gasteiger partial charge in [0.2, 0.25) is 0 Å². The molecule has 0 aromatic carbocycles. The van der Waals surface area contributed by atoms with E-state index < -0.39 is 0 Å². The molecule has 0 unspecified atom stereocenters. The maximum absolute atomic E-state index is 5.68. The predicted octanol–water partition coefficient (Wildman–Crippen LogP) is 3.96. The second kappa shape index (κ2) is 6.83. The van der Waals surface area contributed by atoms with Gasteiger partial charge in [-0.1, -0.05) is 6.92 Å². The summed E-state index contributed by atoms with van der Waals surface area (Å²) in [5.41, 5.74) is 0. The molecule has 1 heterocycles. The molecule has 1 nitrogen and oxygen atoms in total. The first-order valence-corrected chi connectivity index (χ1v) is 6.98. The second-order valence-electron chi connectivity index (χ2n) is 3.10. The number of halogens is 2. The van der Waals surface area contributed by atoms with E-state index in [1.807, 2.05) is 0 Å². The molecule has 0 spiro atoms. The third-order valence-electron chi connectivity index (χ3n) is 2.11. The van der Waals surface area contributed by atoms with Crippen LogP contribution in [-0.2, 0) is 6.54 Å². The fourth-order valence-electron chi connectivity index (χ4n) is 1.27. The molecule has 0 atom stereocenters. The van der Waals surface area contributed by atoms with Gasteiger partial charge in [-0.2, -0.15) is 0 Å². The molecule has 4 heteroatoms.